The van der Waals surface area contributed by atoms with Gasteiger partial charge in [0.05, 0.1) is 11.4 Å². The zero-order chi connectivity index (χ0) is 14.0. The molecule has 0 saturated carbocycles. The first-order valence-corrected chi connectivity index (χ1v) is 5.52. The molecule has 0 aliphatic heterocycles. The Hall–Kier alpha value is -2.64. The smallest absolute Gasteiger partial charge is 0.325 e. The zero-order valence-electron chi connectivity index (χ0n) is 10.5. The number of aryl methyl sites for hydroxylation is 2. The molecule has 0 aliphatic rings. The molecule has 8 heteroatoms. The first kappa shape index (κ1) is 12.8. The standard InChI is InChI=1S/C11H13N5O3/c1-7-9(5-15(2)13-7)12-11(19)8-3-4-16(14-8)6-10(17)18/h3-5H,6H2,1-2H3,(H,12,19)(H,17,18). The Balaban J connectivity index is 2.09. The van der Waals surface area contributed by atoms with Crippen LogP contribution in [0.2, 0.25) is 0 Å². The molecule has 0 aromatic carbocycles. The third-order valence-electron chi connectivity index (χ3n) is 2.43. The van der Waals surface area contributed by atoms with Crippen molar-refractivity contribution in [2.75, 3.05) is 5.32 Å². The van der Waals surface area contributed by atoms with Crippen LogP contribution in [-0.2, 0) is 18.4 Å². The monoisotopic (exact) mass is 263 g/mol. The predicted octanol–water partition coefficient (Wildman–Crippen LogP) is 0.262. The highest BCUT2D eigenvalue weighted by atomic mass is 16.4. The van der Waals surface area contributed by atoms with E-state index in [4.69, 9.17) is 5.11 Å². The summed E-state index contributed by atoms with van der Waals surface area (Å²) < 4.78 is 2.78. The maximum Gasteiger partial charge on any atom is 0.325 e. The Kier molecular flexibility index (Phi) is 3.32. The van der Waals surface area contributed by atoms with Crippen LogP contribution in [0.4, 0.5) is 5.69 Å². The van der Waals surface area contributed by atoms with E-state index in [1.807, 2.05) is 0 Å². The Morgan fingerprint density at radius 2 is 2.16 bits per heavy atom. The summed E-state index contributed by atoms with van der Waals surface area (Å²) in [5, 5.41) is 19.3. The van der Waals surface area contributed by atoms with Crippen molar-refractivity contribution in [1.29, 1.82) is 0 Å². The Morgan fingerprint density at radius 3 is 2.74 bits per heavy atom. The number of carboxylic acids is 1. The highest BCUT2D eigenvalue weighted by molar-refractivity contribution is 6.03. The maximum absolute atomic E-state index is 11.9. The van der Waals surface area contributed by atoms with Gasteiger partial charge >= 0.3 is 5.97 Å². The van der Waals surface area contributed by atoms with E-state index in [9.17, 15) is 9.59 Å². The molecule has 0 aliphatic carbocycles. The minimum absolute atomic E-state index is 0.157. The number of nitrogens with one attached hydrogen (secondary N) is 1. The quantitative estimate of drug-likeness (QED) is 0.823. The van der Waals surface area contributed by atoms with Gasteiger partial charge in [-0.05, 0) is 13.0 Å². The number of aromatic nitrogens is 4. The van der Waals surface area contributed by atoms with Crippen LogP contribution in [0, 0.1) is 6.92 Å². The summed E-state index contributed by atoms with van der Waals surface area (Å²) in [7, 11) is 1.75. The molecule has 100 valence electrons. The van der Waals surface area contributed by atoms with Gasteiger partial charge in [-0.25, -0.2) is 0 Å². The molecule has 2 aromatic heterocycles. The minimum Gasteiger partial charge on any atom is -0.480 e. The van der Waals surface area contributed by atoms with Crippen molar-refractivity contribution in [2.24, 2.45) is 7.05 Å². The van der Waals surface area contributed by atoms with Crippen LogP contribution in [-0.4, -0.2) is 36.5 Å². The molecule has 2 aromatic rings. The molecule has 0 atom stereocenters. The number of hydrogen-bond acceptors (Lipinski definition) is 4. The summed E-state index contributed by atoms with van der Waals surface area (Å²) in [5.41, 5.74) is 1.45. The summed E-state index contributed by atoms with van der Waals surface area (Å²) in [6, 6.07) is 1.46. The van der Waals surface area contributed by atoms with Crippen molar-refractivity contribution in [1.82, 2.24) is 19.6 Å². The van der Waals surface area contributed by atoms with E-state index in [-0.39, 0.29) is 12.2 Å². The largest absolute Gasteiger partial charge is 0.480 e. The van der Waals surface area contributed by atoms with Crippen LogP contribution >= 0.6 is 0 Å². The lowest BCUT2D eigenvalue weighted by molar-refractivity contribution is -0.137. The second kappa shape index (κ2) is 4.92. The molecule has 2 N–H and O–H groups in total. The minimum atomic E-state index is -1.02. The van der Waals surface area contributed by atoms with Crippen molar-refractivity contribution in [2.45, 2.75) is 13.5 Å². The van der Waals surface area contributed by atoms with Crippen molar-refractivity contribution < 1.29 is 14.7 Å². The number of carboxylic acid groups (broad SMARTS) is 1. The van der Waals surface area contributed by atoms with Gasteiger partial charge in [-0.1, -0.05) is 0 Å². The Bertz CT molecular complexity index is 628. The fraction of sp³-hybridized carbons (Fsp3) is 0.273. The topological polar surface area (TPSA) is 102 Å². The molecule has 19 heavy (non-hydrogen) atoms. The second-order valence-corrected chi connectivity index (χ2v) is 4.05. The lowest BCUT2D eigenvalue weighted by atomic mass is 10.3. The highest BCUT2D eigenvalue weighted by Crippen LogP contribution is 2.12. The van der Waals surface area contributed by atoms with E-state index in [2.05, 4.69) is 15.5 Å². The lowest BCUT2D eigenvalue weighted by Crippen LogP contribution is -2.15. The second-order valence-electron chi connectivity index (χ2n) is 4.05. The average molecular weight is 263 g/mol. The van der Waals surface area contributed by atoms with E-state index in [0.717, 1.165) is 0 Å². The van der Waals surface area contributed by atoms with E-state index >= 15 is 0 Å². The number of carbonyl (C=O) groups is 2. The van der Waals surface area contributed by atoms with Gasteiger partial charge in [-0.2, -0.15) is 10.2 Å². The van der Waals surface area contributed by atoms with Crippen LogP contribution in [0.1, 0.15) is 16.2 Å². The highest BCUT2D eigenvalue weighted by Gasteiger charge is 2.13. The van der Waals surface area contributed by atoms with Crippen LogP contribution < -0.4 is 5.32 Å². The SMILES string of the molecule is Cc1nn(C)cc1NC(=O)c1ccn(CC(=O)O)n1. The molecular formula is C11H13N5O3. The van der Waals surface area contributed by atoms with Gasteiger partial charge in [-0.15, -0.1) is 0 Å². The van der Waals surface area contributed by atoms with Crippen molar-refractivity contribution >= 4 is 17.6 Å². The van der Waals surface area contributed by atoms with Crippen molar-refractivity contribution in [3.05, 3.63) is 29.8 Å². The molecule has 0 fully saturated rings. The average Bonchev–Trinajstić information content (AvgIpc) is 2.86. The fourth-order valence-electron chi connectivity index (χ4n) is 1.62. The number of amides is 1. The third-order valence-corrected chi connectivity index (χ3v) is 2.43. The molecule has 8 nitrogen and oxygen atoms in total. The van der Waals surface area contributed by atoms with E-state index in [0.29, 0.717) is 11.4 Å². The van der Waals surface area contributed by atoms with Gasteiger partial charge in [0.2, 0.25) is 0 Å². The summed E-state index contributed by atoms with van der Waals surface area (Å²) in [5.74, 6) is -1.42. The fourth-order valence-corrected chi connectivity index (χ4v) is 1.62. The van der Waals surface area contributed by atoms with Gasteiger partial charge < -0.3 is 10.4 Å². The summed E-state index contributed by atoms with van der Waals surface area (Å²) >= 11 is 0. The molecule has 2 heterocycles. The lowest BCUT2D eigenvalue weighted by Gasteiger charge is -2.00. The Labute approximate surface area is 108 Å². The van der Waals surface area contributed by atoms with Crippen LogP contribution in [0.15, 0.2) is 18.5 Å². The molecule has 0 bridgehead atoms. The molecule has 0 unspecified atom stereocenters. The third kappa shape index (κ3) is 2.97. The molecular weight excluding hydrogens is 250 g/mol. The van der Waals surface area contributed by atoms with Crippen LogP contribution in [0.3, 0.4) is 0 Å². The van der Waals surface area contributed by atoms with Gasteiger partial charge in [0, 0.05) is 19.4 Å². The van der Waals surface area contributed by atoms with Gasteiger partial charge in [-0.3, -0.25) is 19.0 Å². The number of carbonyl (C=O) groups excluding carboxylic acids is 1. The number of rotatable bonds is 4. The van der Waals surface area contributed by atoms with Crippen molar-refractivity contribution in [3.8, 4) is 0 Å². The summed E-state index contributed by atoms with van der Waals surface area (Å²) in [6.45, 7) is 1.50. The first-order chi connectivity index (χ1) is 8.95. The number of aliphatic carboxylic acids is 1. The zero-order valence-corrected chi connectivity index (χ0v) is 10.5. The number of anilines is 1. The number of hydrogen-bond donors (Lipinski definition) is 2. The van der Waals surface area contributed by atoms with Gasteiger partial charge in [0.1, 0.15) is 6.54 Å². The number of nitrogens with zero attached hydrogens (tertiary/aromatic N) is 4. The van der Waals surface area contributed by atoms with Crippen LogP contribution in [0.5, 0.6) is 0 Å². The summed E-state index contributed by atoms with van der Waals surface area (Å²) in [6.07, 6.45) is 3.13. The van der Waals surface area contributed by atoms with Crippen molar-refractivity contribution in [3.63, 3.8) is 0 Å². The van der Waals surface area contributed by atoms with E-state index in [1.54, 1.807) is 24.9 Å². The normalized spacial score (nSPS) is 10.4. The molecule has 0 spiro atoms. The van der Waals surface area contributed by atoms with Gasteiger partial charge in [0.15, 0.2) is 5.69 Å². The maximum atomic E-state index is 11.9. The molecule has 0 saturated heterocycles. The molecule has 0 radical (unpaired) electrons. The molecule has 2 rings (SSSR count). The van der Waals surface area contributed by atoms with Crippen LogP contribution in [0.25, 0.3) is 0 Å². The predicted molar refractivity (Wildman–Crippen MR) is 65.8 cm³/mol. The molecule has 1 amide bonds. The first-order valence-electron chi connectivity index (χ1n) is 5.52. The summed E-state index contributed by atoms with van der Waals surface area (Å²) in [4.78, 5) is 22.4. The van der Waals surface area contributed by atoms with E-state index in [1.165, 1.54) is 16.9 Å². The van der Waals surface area contributed by atoms with E-state index < -0.39 is 11.9 Å². The van der Waals surface area contributed by atoms with Gasteiger partial charge in [0.25, 0.3) is 5.91 Å². The Morgan fingerprint density at radius 1 is 1.42 bits per heavy atom.